The highest BCUT2D eigenvalue weighted by Gasteiger charge is 2.24. The van der Waals surface area contributed by atoms with Gasteiger partial charge in [0.05, 0.1) is 49.4 Å². The van der Waals surface area contributed by atoms with Gasteiger partial charge in [-0.3, -0.25) is 29.9 Å². The molecular formula is C31H33Cl2N11O4. The third kappa shape index (κ3) is 10.1. The highest BCUT2D eigenvalue weighted by Crippen LogP contribution is 2.30. The van der Waals surface area contributed by atoms with Crippen LogP contribution in [0.25, 0.3) is 11.3 Å². The number of aromatic nitrogens is 4. The van der Waals surface area contributed by atoms with Crippen molar-refractivity contribution in [2.24, 2.45) is 16.0 Å². The quantitative estimate of drug-likeness (QED) is 0.0545. The number of hydrogen-bond donors (Lipinski definition) is 5. The fourth-order valence-electron chi connectivity index (χ4n) is 4.45. The first-order chi connectivity index (χ1) is 23.1. The van der Waals surface area contributed by atoms with Crippen molar-refractivity contribution >= 4 is 65.5 Å². The molecule has 2 aromatic heterocycles. The third-order valence-electron chi connectivity index (χ3n) is 6.82. The highest BCUT2D eigenvalue weighted by molar-refractivity contribution is 6.32. The van der Waals surface area contributed by atoms with E-state index >= 15 is 0 Å². The number of carbonyl (C=O) groups is 3. The molecule has 0 aliphatic rings. The van der Waals surface area contributed by atoms with Gasteiger partial charge in [0, 0.05) is 35.6 Å². The Labute approximate surface area is 286 Å². The molecule has 0 bridgehead atoms. The van der Waals surface area contributed by atoms with Crippen LogP contribution in [0.1, 0.15) is 41.7 Å². The summed E-state index contributed by atoms with van der Waals surface area (Å²) in [5.74, 6) is 5.59. The number of amides is 3. The van der Waals surface area contributed by atoms with Crippen molar-refractivity contribution < 1.29 is 19.1 Å². The van der Waals surface area contributed by atoms with Crippen LogP contribution in [-0.2, 0) is 27.3 Å². The van der Waals surface area contributed by atoms with Crippen LogP contribution < -0.4 is 26.8 Å². The van der Waals surface area contributed by atoms with Crippen molar-refractivity contribution in [2.45, 2.75) is 38.8 Å². The maximum absolute atomic E-state index is 13.3. The molecule has 2 heterocycles. The average Bonchev–Trinajstić information content (AvgIpc) is 3.47. The summed E-state index contributed by atoms with van der Waals surface area (Å²) in [6.45, 7) is 5.24. The number of ether oxygens (including phenoxy) is 1. The Hall–Kier alpha value is -5.38. The average molecular weight is 695 g/mol. The Balaban J connectivity index is 1.53. The summed E-state index contributed by atoms with van der Waals surface area (Å²) in [5, 5.41) is 17.3. The smallest absolute Gasteiger partial charge is 0.411 e. The van der Waals surface area contributed by atoms with Crippen molar-refractivity contribution in [3.05, 3.63) is 87.8 Å². The predicted octanol–water partition coefficient (Wildman–Crippen LogP) is 4.48. The van der Waals surface area contributed by atoms with Gasteiger partial charge in [0.15, 0.2) is 0 Å². The van der Waals surface area contributed by atoms with E-state index in [-0.39, 0.29) is 48.6 Å². The topological polar surface area (TPSA) is 205 Å². The first-order valence-electron chi connectivity index (χ1n) is 14.4. The summed E-state index contributed by atoms with van der Waals surface area (Å²) in [4.78, 5) is 54.0. The standard InChI is InChI=1S/C31H33Cl2N11O4/c1-18-14-37-23(15-36-18)16-38-27(46)13-24(30-42-28(29(33)43-30)19-4-8-22(9-5-19)40-31(47)48-3)41-26(45)11-6-20-12-21(32)7-10-25(20)44(34)17-39-35-2/h4-5,7-10,12,14-15,17,24H,2,6,11,13,16,34H2,1,3H3,(H,38,46)(H,40,47)(H,41,45)(H,42,43)/b39-17-/t24-/m0/s1. The number of nitrogens with two attached hydrogens (primary N) is 1. The first-order valence-corrected chi connectivity index (χ1v) is 15.2. The van der Waals surface area contributed by atoms with Gasteiger partial charge in [-0.05, 0) is 49.2 Å². The molecule has 17 heteroatoms. The Kier molecular flexibility index (Phi) is 12.5. The number of halogens is 2. The molecule has 4 rings (SSSR count). The number of carbonyl (C=O) groups excluding carboxylic acids is 3. The van der Waals surface area contributed by atoms with Crippen molar-refractivity contribution in [1.82, 2.24) is 30.6 Å². The van der Waals surface area contributed by atoms with Crippen molar-refractivity contribution in [2.75, 3.05) is 17.4 Å². The lowest BCUT2D eigenvalue weighted by molar-refractivity contribution is -0.123. The number of imidazole rings is 1. The monoisotopic (exact) mass is 693 g/mol. The van der Waals surface area contributed by atoms with Crippen LogP contribution in [-0.4, -0.2) is 58.0 Å². The largest absolute Gasteiger partial charge is 0.453 e. The molecular weight excluding hydrogens is 661 g/mol. The zero-order valence-electron chi connectivity index (χ0n) is 26.0. The van der Waals surface area contributed by atoms with E-state index in [9.17, 15) is 14.4 Å². The molecule has 0 unspecified atom stereocenters. The van der Waals surface area contributed by atoms with Gasteiger partial charge in [0.25, 0.3) is 0 Å². The number of aromatic amines is 1. The molecule has 6 N–H and O–H groups in total. The third-order valence-corrected chi connectivity index (χ3v) is 7.33. The zero-order valence-corrected chi connectivity index (χ0v) is 27.5. The van der Waals surface area contributed by atoms with Gasteiger partial charge in [0.2, 0.25) is 11.8 Å². The minimum Gasteiger partial charge on any atom is -0.453 e. The van der Waals surface area contributed by atoms with Crippen LogP contribution in [0, 0.1) is 6.92 Å². The van der Waals surface area contributed by atoms with Gasteiger partial charge >= 0.3 is 6.09 Å². The van der Waals surface area contributed by atoms with Gasteiger partial charge in [-0.15, -0.1) is 5.10 Å². The van der Waals surface area contributed by atoms with Crippen LogP contribution in [0.15, 0.2) is 65.1 Å². The molecule has 0 fully saturated rings. The SMILES string of the molecule is C=N/N=C\N(N)c1ccc(Cl)cc1CCC(=O)N[C@@H](CC(=O)NCc1cnc(C)cn1)c1nc(-c2ccc(NC(=O)OC)cc2)c(Cl)[nH]1. The first kappa shape index (κ1) is 35.5. The fourth-order valence-corrected chi connectivity index (χ4v) is 4.90. The molecule has 3 amide bonds. The molecule has 2 aromatic carbocycles. The molecule has 250 valence electrons. The highest BCUT2D eigenvalue weighted by atomic mass is 35.5. The summed E-state index contributed by atoms with van der Waals surface area (Å²) in [6, 6.07) is 10.9. The second-order valence-corrected chi connectivity index (χ2v) is 11.1. The van der Waals surface area contributed by atoms with Gasteiger partial charge in [-0.2, -0.15) is 5.10 Å². The summed E-state index contributed by atoms with van der Waals surface area (Å²) in [5.41, 5.74) is 4.07. The van der Waals surface area contributed by atoms with E-state index in [4.69, 9.17) is 29.0 Å². The predicted molar refractivity (Wildman–Crippen MR) is 184 cm³/mol. The van der Waals surface area contributed by atoms with Crippen LogP contribution in [0.2, 0.25) is 10.2 Å². The van der Waals surface area contributed by atoms with Gasteiger partial charge < -0.3 is 20.4 Å². The summed E-state index contributed by atoms with van der Waals surface area (Å²) < 4.78 is 4.62. The van der Waals surface area contributed by atoms with Crippen LogP contribution in [0.5, 0.6) is 0 Å². The normalized spacial score (nSPS) is 11.5. The molecule has 0 aliphatic heterocycles. The number of rotatable bonds is 14. The Morgan fingerprint density at radius 1 is 1.12 bits per heavy atom. The zero-order chi connectivity index (χ0) is 34.6. The maximum Gasteiger partial charge on any atom is 0.411 e. The van der Waals surface area contributed by atoms with Crippen LogP contribution in [0.3, 0.4) is 0 Å². The van der Waals surface area contributed by atoms with E-state index in [1.54, 1.807) is 54.9 Å². The number of hydrazine groups is 1. The molecule has 4 aromatic rings. The number of nitrogens with zero attached hydrogens (tertiary/aromatic N) is 6. The van der Waals surface area contributed by atoms with Gasteiger partial charge in [0.1, 0.15) is 23.0 Å². The lowest BCUT2D eigenvalue weighted by atomic mass is 10.1. The number of benzene rings is 2. The van der Waals surface area contributed by atoms with Gasteiger partial charge in [-0.1, -0.05) is 35.3 Å². The van der Waals surface area contributed by atoms with E-state index < -0.39 is 12.1 Å². The van der Waals surface area contributed by atoms with Crippen molar-refractivity contribution in [3.63, 3.8) is 0 Å². The molecule has 0 aliphatic carbocycles. The summed E-state index contributed by atoms with van der Waals surface area (Å²) in [7, 11) is 1.27. The van der Waals surface area contributed by atoms with Gasteiger partial charge in [-0.25, -0.2) is 15.6 Å². The number of aryl methyl sites for hydroxylation is 2. The van der Waals surface area contributed by atoms with E-state index in [0.29, 0.717) is 38.9 Å². The molecule has 48 heavy (non-hydrogen) atoms. The Bertz CT molecular complexity index is 1780. The van der Waals surface area contributed by atoms with E-state index in [0.717, 1.165) is 5.69 Å². The van der Waals surface area contributed by atoms with Crippen molar-refractivity contribution in [3.8, 4) is 11.3 Å². The number of nitrogens with one attached hydrogen (secondary N) is 4. The number of H-pyrrole nitrogens is 1. The Morgan fingerprint density at radius 2 is 1.90 bits per heavy atom. The molecule has 0 spiro atoms. The maximum atomic E-state index is 13.3. The molecule has 0 saturated carbocycles. The minimum atomic E-state index is -0.885. The summed E-state index contributed by atoms with van der Waals surface area (Å²) in [6.07, 6.45) is 3.95. The lowest BCUT2D eigenvalue weighted by Crippen LogP contribution is -2.34. The summed E-state index contributed by atoms with van der Waals surface area (Å²) >= 11 is 12.8. The molecule has 0 saturated heterocycles. The van der Waals surface area contributed by atoms with Crippen LogP contribution in [0.4, 0.5) is 16.2 Å². The molecule has 15 nitrogen and oxygen atoms in total. The number of methoxy groups -OCH3 is 1. The lowest BCUT2D eigenvalue weighted by Gasteiger charge is -2.19. The van der Waals surface area contributed by atoms with E-state index in [1.807, 2.05) is 6.92 Å². The number of anilines is 2. The molecule has 0 radical (unpaired) electrons. The fraction of sp³-hybridized carbons (Fsp3) is 0.226. The molecule has 1 atom stereocenters. The second kappa shape index (κ2) is 17.0. The minimum absolute atomic E-state index is 0.0189. The van der Waals surface area contributed by atoms with Crippen molar-refractivity contribution in [1.29, 1.82) is 0 Å². The van der Waals surface area contributed by atoms with E-state index in [2.05, 4.69) is 57.5 Å². The van der Waals surface area contributed by atoms with E-state index in [1.165, 1.54) is 18.5 Å². The Morgan fingerprint density at radius 3 is 2.58 bits per heavy atom. The number of hydrogen-bond acceptors (Lipinski definition) is 10. The second-order valence-electron chi connectivity index (χ2n) is 10.3. The van der Waals surface area contributed by atoms with Crippen LogP contribution >= 0.6 is 23.2 Å².